The Balaban J connectivity index is 1.53. The highest BCUT2D eigenvalue weighted by atomic mass is 16.4. The number of furan rings is 1. The Morgan fingerprint density at radius 1 is 0.816 bits per heavy atom. The number of aliphatic carboxylic acids is 1. The Kier molecular flexibility index (Phi) is 7.09. The molecule has 0 spiro atoms. The molecule has 0 radical (unpaired) electrons. The van der Waals surface area contributed by atoms with E-state index >= 15 is 0 Å². The number of rotatable bonds is 8. The number of aryl methyl sites for hydroxylation is 2. The maximum Gasteiger partial charge on any atom is 0.326 e. The number of carbonyl (C=O) groups is 2. The topological polar surface area (TPSA) is 70.8 Å². The molecular formula is C33H29NO4. The van der Waals surface area contributed by atoms with Crippen LogP contribution in [0.15, 0.2) is 108 Å². The fraction of sp³-hybridized carbons (Fsp3) is 0.152. The normalized spacial score (nSPS) is 11.8. The Hall–Kier alpha value is -4.64. The van der Waals surface area contributed by atoms with Crippen molar-refractivity contribution < 1.29 is 19.1 Å². The molecule has 1 aromatic heterocycles. The largest absolute Gasteiger partial charge is 0.480 e. The van der Waals surface area contributed by atoms with Crippen molar-refractivity contribution in [3.05, 3.63) is 131 Å². The molecule has 0 saturated carbocycles. The van der Waals surface area contributed by atoms with E-state index in [1.54, 1.807) is 6.07 Å². The molecule has 5 aromatic rings. The monoisotopic (exact) mass is 503 g/mol. The molecule has 0 unspecified atom stereocenters. The van der Waals surface area contributed by atoms with Crippen molar-refractivity contribution in [3.63, 3.8) is 0 Å². The molecule has 190 valence electrons. The number of benzene rings is 4. The summed E-state index contributed by atoms with van der Waals surface area (Å²) in [7, 11) is 0. The van der Waals surface area contributed by atoms with E-state index in [2.05, 4.69) is 0 Å². The summed E-state index contributed by atoms with van der Waals surface area (Å²) in [6, 6.07) is 31.5. The van der Waals surface area contributed by atoms with Crippen LogP contribution in [0, 0.1) is 13.8 Å². The molecule has 1 N–H and O–H groups in total. The quantitative estimate of drug-likeness (QED) is 0.246. The highest BCUT2D eigenvalue weighted by molar-refractivity contribution is 5.98. The fourth-order valence-electron chi connectivity index (χ4n) is 4.84. The number of para-hydroxylation sites is 1. The summed E-state index contributed by atoms with van der Waals surface area (Å²) in [6.07, 6.45) is 0.204. The number of fused-ring (bicyclic) bond motifs is 1. The van der Waals surface area contributed by atoms with Crippen LogP contribution in [0.2, 0.25) is 0 Å². The van der Waals surface area contributed by atoms with Gasteiger partial charge in [-0.3, -0.25) is 4.79 Å². The van der Waals surface area contributed by atoms with Crippen molar-refractivity contribution in [3.8, 4) is 11.3 Å². The summed E-state index contributed by atoms with van der Waals surface area (Å²) in [5.74, 6) is -0.625. The first-order chi connectivity index (χ1) is 18.4. The number of hydrogen-bond acceptors (Lipinski definition) is 3. The SMILES string of the molecule is Cc1ccc(C(=O)N(Cc2cccc(-c3cc4ccccc4o3)c2)[C@@H](Cc2ccccc2)C(=O)O)c(C)c1. The van der Waals surface area contributed by atoms with Crippen LogP contribution in [0.1, 0.15) is 32.6 Å². The zero-order valence-electron chi connectivity index (χ0n) is 21.4. The molecule has 0 aliphatic carbocycles. The summed E-state index contributed by atoms with van der Waals surface area (Å²) in [5, 5.41) is 11.3. The van der Waals surface area contributed by atoms with Crippen LogP contribution < -0.4 is 0 Å². The molecule has 4 aromatic carbocycles. The van der Waals surface area contributed by atoms with E-state index < -0.39 is 12.0 Å². The first-order valence-electron chi connectivity index (χ1n) is 12.6. The van der Waals surface area contributed by atoms with Crippen LogP contribution in [-0.2, 0) is 17.8 Å². The van der Waals surface area contributed by atoms with Crippen LogP contribution in [0.4, 0.5) is 0 Å². The van der Waals surface area contributed by atoms with Gasteiger partial charge in [0.1, 0.15) is 17.4 Å². The zero-order chi connectivity index (χ0) is 26.6. The Labute approximate surface area is 222 Å². The van der Waals surface area contributed by atoms with Gasteiger partial charge in [0, 0.05) is 29.5 Å². The number of amides is 1. The first kappa shape index (κ1) is 25.0. The van der Waals surface area contributed by atoms with E-state index in [0.29, 0.717) is 5.56 Å². The highest BCUT2D eigenvalue weighted by Crippen LogP contribution is 2.29. The molecule has 0 fully saturated rings. The van der Waals surface area contributed by atoms with Crippen LogP contribution in [0.25, 0.3) is 22.3 Å². The maximum atomic E-state index is 13.9. The minimum Gasteiger partial charge on any atom is -0.480 e. The van der Waals surface area contributed by atoms with Gasteiger partial charge >= 0.3 is 5.97 Å². The number of hydrogen-bond donors (Lipinski definition) is 1. The van der Waals surface area contributed by atoms with Crippen molar-refractivity contribution in [2.45, 2.75) is 32.9 Å². The van der Waals surface area contributed by atoms with Gasteiger partial charge in [-0.25, -0.2) is 4.79 Å². The van der Waals surface area contributed by atoms with Crippen LogP contribution in [0.5, 0.6) is 0 Å². The standard InChI is InChI=1S/C33H29NO4/c1-22-15-16-28(23(2)17-22)32(35)34(29(33(36)37)19-24-9-4-3-5-10-24)21-25-11-8-13-26(18-25)31-20-27-12-6-7-14-30(27)38-31/h3-18,20,29H,19,21H2,1-2H3,(H,36,37)/t29-/m0/s1. The van der Waals surface area contributed by atoms with Crippen molar-refractivity contribution in [1.29, 1.82) is 0 Å². The van der Waals surface area contributed by atoms with Crippen molar-refractivity contribution in [2.75, 3.05) is 0 Å². The second-order valence-electron chi connectivity index (χ2n) is 9.64. The molecule has 5 heteroatoms. The third-order valence-electron chi connectivity index (χ3n) is 6.80. The number of carbonyl (C=O) groups excluding carboxylic acids is 1. The second-order valence-corrected chi connectivity index (χ2v) is 9.64. The lowest BCUT2D eigenvalue weighted by molar-refractivity contribution is -0.142. The van der Waals surface area contributed by atoms with E-state index in [4.69, 9.17) is 4.42 Å². The van der Waals surface area contributed by atoms with E-state index in [9.17, 15) is 14.7 Å². The summed E-state index contributed by atoms with van der Waals surface area (Å²) in [5.41, 5.74) is 5.71. The molecular weight excluding hydrogens is 474 g/mol. The van der Waals surface area contributed by atoms with Gasteiger partial charge in [0.05, 0.1) is 0 Å². The molecule has 0 aliphatic rings. The summed E-state index contributed by atoms with van der Waals surface area (Å²) >= 11 is 0. The number of carboxylic acid groups (broad SMARTS) is 1. The average molecular weight is 504 g/mol. The van der Waals surface area contributed by atoms with E-state index in [1.165, 1.54) is 4.90 Å². The highest BCUT2D eigenvalue weighted by Gasteiger charge is 2.31. The van der Waals surface area contributed by atoms with Gasteiger partial charge in [-0.1, -0.05) is 84.4 Å². The summed E-state index contributed by atoms with van der Waals surface area (Å²) < 4.78 is 6.05. The van der Waals surface area contributed by atoms with Gasteiger partial charge in [-0.05, 0) is 54.8 Å². The predicted molar refractivity (Wildman–Crippen MR) is 149 cm³/mol. The smallest absolute Gasteiger partial charge is 0.326 e. The average Bonchev–Trinajstić information content (AvgIpc) is 3.35. The Bertz CT molecular complexity index is 1570. The molecule has 38 heavy (non-hydrogen) atoms. The van der Waals surface area contributed by atoms with Gasteiger partial charge < -0.3 is 14.4 Å². The molecule has 0 bridgehead atoms. The molecule has 0 saturated heterocycles. The van der Waals surface area contributed by atoms with Gasteiger partial charge in [-0.15, -0.1) is 0 Å². The lowest BCUT2D eigenvalue weighted by atomic mass is 9.99. The molecule has 1 amide bonds. The van der Waals surface area contributed by atoms with Crippen LogP contribution in [-0.4, -0.2) is 27.9 Å². The van der Waals surface area contributed by atoms with E-state index in [1.807, 2.05) is 111 Å². The predicted octanol–water partition coefficient (Wildman–Crippen LogP) is 7.05. The number of carboxylic acids is 1. The van der Waals surface area contributed by atoms with Crippen molar-refractivity contribution >= 4 is 22.8 Å². The molecule has 5 nitrogen and oxygen atoms in total. The lowest BCUT2D eigenvalue weighted by Crippen LogP contribution is -2.46. The number of nitrogens with zero attached hydrogens (tertiary/aromatic N) is 1. The summed E-state index contributed by atoms with van der Waals surface area (Å²) in [4.78, 5) is 28.0. The van der Waals surface area contributed by atoms with Gasteiger partial charge in [0.25, 0.3) is 5.91 Å². The van der Waals surface area contributed by atoms with E-state index in [-0.39, 0.29) is 18.9 Å². The Morgan fingerprint density at radius 2 is 1.55 bits per heavy atom. The van der Waals surface area contributed by atoms with E-state index in [0.717, 1.165) is 44.5 Å². The zero-order valence-corrected chi connectivity index (χ0v) is 21.4. The van der Waals surface area contributed by atoms with Crippen LogP contribution >= 0.6 is 0 Å². The van der Waals surface area contributed by atoms with Gasteiger partial charge in [0.15, 0.2) is 0 Å². The molecule has 1 atom stereocenters. The molecule has 5 rings (SSSR count). The Morgan fingerprint density at radius 3 is 2.29 bits per heavy atom. The van der Waals surface area contributed by atoms with Crippen molar-refractivity contribution in [1.82, 2.24) is 4.90 Å². The van der Waals surface area contributed by atoms with Gasteiger partial charge in [-0.2, -0.15) is 0 Å². The second kappa shape index (κ2) is 10.8. The first-order valence-corrected chi connectivity index (χ1v) is 12.6. The molecule has 0 aliphatic heterocycles. The fourth-order valence-corrected chi connectivity index (χ4v) is 4.84. The summed E-state index contributed by atoms with van der Waals surface area (Å²) in [6.45, 7) is 4.00. The minimum atomic E-state index is -1.04. The lowest BCUT2D eigenvalue weighted by Gasteiger charge is -2.30. The van der Waals surface area contributed by atoms with Crippen LogP contribution in [0.3, 0.4) is 0 Å². The third kappa shape index (κ3) is 5.37. The van der Waals surface area contributed by atoms with Crippen molar-refractivity contribution in [2.24, 2.45) is 0 Å². The molecule has 1 heterocycles. The third-order valence-corrected chi connectivity index (χ3v) is 6.80. The van der Waals surface area contributed by atoms with Gasteiger partial charge in [0.2, 0.25) is 0 Å². The minimum absolute atomic E-state index is 0.143. The maximum absolute atomic E-state index is 13.9.